The molecule has 0 saturated carbocycles. The summed E-state index contributed by atoms with van der Waals surface area (Å²) in [7, 11) is -2.98. The van der Waals surface area contributed by atoms with E-state index < -0.39 is 15.4 Å². The molecule has 0 radical (unpaired) electrons. The van der Waals surface area contributed by atoms with Crippen LogP contribution in [0.3, 0.4) is 0 Å². The van der Waals surface area contributed by atoms with Gasteiger partial charge in [0.25, 0.3) is 0 Å². The Balaban J connectivity index is 2.03. The molecule has 106 valence electrons. The Bertz CT molecular complexity index is 778. The van der Waals surface area contributed by atoms with Crippen LogP contribution in [0, 0.1) is 0 Å². The summed E-state index contributed by atoms with van der Waals surface area (Å²) < 4.78 is 23.3. The van der Waals surface area contributed by atoms with E-state index in [1.807, 2.05) is 31.2 Å². The predicted octanol–water partition coefficient (Wildman–Crippen LogP) is 2.27. The molecule has 0 bridgehead atoms. The van der Waals surface area contributed by atoms with Crippen molar-refractivity contribution in [3.05, 3.63) is 29.5 Å². The first-order valence-electron chi connectivity index (χ1n) is 6.28. The Hall–Kier alpha value is -1.40. The fourth-order valence-electron chi connectivity index (χ4n) is 2.54. The molecule has 3 rings (SSSR count). The number of fused-ring (bicyclic) bond motifs is 1. The standard InChI is InChI=1S/C13H14ClN3O2S/c1-13(6-7-20(18,19)8-13)17-11-9-4-2-3-5-10(9)15-12(14)16-11/h2-5H,6-8H2,1H3,(H,15,16,17). The molecule has 1 aromatic carbocycles. The minimum absolute atomic E-state index is 0.107. The van der Waals surface area contributed by atoms with E-state index in [4.69, 9.17) is 11.6 Å². The number of rotatable bonds is 2. The molecule has 2 heterocycles. The van der Waals surface area contributed by atoms with Crippen molar-refractivity contribution in [1.29, 1.82) is 0 Å². The number of anilines is 1. The van der Waals surface area contributed by atoms with Crippen LogP contribution in [0.5, 0.6) is 0 Å². The number of benzene rings is 1. The Morgan fingerprint density at radius 2 is 2.05 bits per heavy atom. The molecule has 0 spiro atoms. The molecule has 5 nitrogen and oxygen atoms in total. The van der Waals surface area contributed by atoms with E-state index >= 15 is 0 Å². The lowest BCUT2D eigenvalue weighted by Gasteiger charge is -2.25. The molecule has 1 atom stereocenters. The highest BCUT2D eigenvalue weighted by molar-refractivity contribution is 7.91. The van der Waals surface area contributed by atoms with Gasteiger partial charge in [0.05, 0.1) is 22.6 Å². The molecule has 0 amide bonds. The van der Waals surface area contributed by atoms with E-state index in [0.29, 0.717) is 12.2 Å². The van der Waals surface area contributed by atoms with Gasteiger partial charge in [-0.1, -0.05) is 12.1 Å². The average molecular weight is 312 g/mol. The molecule has 1 aliphatic rings. The summed E-state index contributed by atoms with van der Waals surface area (Å²) in [6.45, 7) is 1.89. The molecule has 7 heteroatoms. The normalized spacial score (nSPS) is 24.9. The Morgan fingerprint density at radius 3 is 2.75 bits per heavy atom. The van der Waals surface area contributed by atoms with Crippen LogP contribution in [0.15, 0.2) is 24.3 Å². The zero-order valence-corrected chi connectivity index (χ0v) is 12.5. The maximum absolute atomic E-state index is 11.7. The summed E-state index contributed by atoms with van der Waals surface area (Å²) in [5.74, 6) is 0.892. The van der Waals surface area contributed by atoms with Gasteiger partial charge in [-0.05, 0) is 37.1 Å². The summed E-state index contributed by atoms with van der Waals surface area (Å²) in [4.78, 5) is 8.36. The SMILES string of the molecule is CC1(Nc2nc(Cl)nc3ccccc23)CCS(=O)(=O)C1. The van der Waals surface area contributed by atoms with Crippen LogP contribution in [-0.4, -0.2) is 35.4 Å². The Kier molecular flexibility index (Phi) is 3.10. The minimum Gasteiger partial charge on any atom is -0.363 e. The van der Waals surface area contributed by atoms with E-state index in [1.165, 1.54) is 0 Å². The summed E-state index contributed by atoms with van der Waals surface area (Å²) in [5.41, 5.74) is 0.221. The Labute approximate surface area is 122 Å². The van der Waals surface area contributed by atoms with Crippen molar-refractivity contribution < 1.29 is 8.42 Å². The van der Waals surface area contributed by atoms with Gasteiger partial charge in [0, 0.05) is 5.39 Å². The Morgan fingerprint density at radius 1 is 1.30 bits per heavy atom. The summed E-state index contributed by atoms with van der Waals surface area (Å²) in [6, 6.07) is 7.50. The summed E-state index contributed by atoms with van der Waals surface area (Å²) in [5, 5.41) is 4.23. The van der Waals surface area contributed by atoms with Crippen LogP contribution in [0.25, 0.3) is 10.9 Å². The van der Waals surface area contributed by atoms with Crippen LogP contribution < -0.4 is 5.32 Å². The third-order valence-corrected chi connectivity index (χ3v) is 5.57. The second-order valence-electron chi connectivity index (χ2n) is 5.39. The summed E-state index contributed by atoms with van der Waals surface area (Å²) in [6.07, 6.45) is 0.561. The number of nitrogens with one attached hydrogen (secondary N) is 1. The molecule has 1 aliphatic heterocycles. The van der Waals surface area contributed by atoms with Crippen LogP contribution in [0.1, 0.15) is 13.3 Å². The maximum Gasteiger partial charge on any atom is 0.224 e. The first-order chi connectivity index (χ1) is 9.37. The minimum atomic E-state index is -2.98. The van der Waals surface area contributed by atoms with Gasteiger partial charge in [-0.2, -0.15) is 0 Å². The van der Waals surface area contributed by atoms with Gasteiger partial charge in [0.2, 0.25) is 5.28 Å². The van der Waals surface area contributed by atoms with Crippen molar-refractivity contribution in [2.24, 2.45) is 0 Å². The molecular formula is C13H14ClN3O2S. The van der Waals surface area contributed by atoms with Gasteiger partial charge >= 0.3 is 0 Å². The number of hydrogen-bond acceptors (Lipinski definition) is 5. The predicted molar refractivity (Wildman–Crippen MR) is 79.8 cm³/mol. The highest BCUT2D eigenvalue weighted by Crippen LogP contribution is 2.30. The van der Waals surface area contributed by atoms with Crippen molar-refractivity contribution >= 4 is 38.2 Å². The molecule has 0 aliphatic carbocycles. The topological polar surface area (TPSA) is 72.0 Å². The van der Waals surface area contributed by atoms with Gasteiger partial charge < -0.3 is 5.32 Å². The lowest BCUT2D eigenvalue weighted by atomic mass is 10.0. The third-order valence-electron chi connectivity index (χ3n) is 3.50. The number of sulfone groups is 1. The monoisotopic (exact) mass is 311 g/mol. The van der Waals surface area contributed by atoms with E-state index in [-0.39, 0.29) is 16.8 Å². The van der Waals surface area contributed by atoms with E-state index in [1.54, 1.807) is 0 Å². The zero-order chi connectivity index (χ0) is 14.4. The van der Waals surface area contributed by atoms with Gasteiger partial charge in [0.15, 0.2) is 9.84 Å². The average Bonchev–Trinajstić information content (AvgIpc) is 2.63. The highest BCUT2D eigenvalue weighted by Gasteiger charge is 2.38. The van der Waals surface area contributed by atoms with E-state index in [2.05, 4.69) is 15.3 Å². The van der Waals surface area contributed by atoms with Crippen LogP contribution in [0.2, 0.25) is 5.28 Å². The number of aromatic nitrogens is 2. The summed E-state index contributed by atoms with van der Waals surface area (Å²) >= 11 is 5.93. The van der Waals surface area contributed by atoms with E-state index in [0.717, 1.165) is 10.9 Å². The quantitative estimate of drug-likeness (QED) is 0.861. The largest absolute Gasteiger partial charge is 0.363 e. The smallest absolute Gasteiger partial charge is 0.224 e. The second-order valence-corrected chi connectivity index (χ2v) is 7.91. The lowest BCUT2D eigenvalue weighted by molar-refractivity contribution is 0.572. The molecule has 20 heavy (non-hydrogen) atoms. The molecule has 1 unspecified atom stereocenters. The van der Waals surface area contributed by atoms with Gasteiger partial charge in [0.1, 0.15) is 5.82 Å². The van der Waals surface area contributed by atoms with Crippen molar-refractivity contribution in [1.82, 2.24) is 9.97 Å². The fraction of sp³-hybridized carbons (Fsp3) is 0.385. The molecular weight excluding hydrogens is 298 g/mol. The van der Waals surface area contributed by atoms with Crippen LogP contribution in [0.4, 0.5) is 5.82 Å². The van der Waals surface area contributed by atoms with Crippen LogP contribution >= 0.6 is 11.6 Å². The second kappa shape index (κ2) is 4.56. The fourth-order valence-corrected chi connectivity index (χ4v) is 4.81. The number of nitrogens with zero attached hydrogens (tertiary/aromatic N) is 2. The van der Waals surface area contributed by atoms with Gasteiger partial charge in [-0.3, -0.25) is 0 Å². The number of para-hydroxylation sites is 1. The first kappa shape index (κ1) is 13.6. The van der Waals surface area contributed by atoms with Gasteiger partial charge in [-0.25, -0.2) is 18.4 Å². The third kappa shape index (κ3) is 2.58. The van der Waals surface area contributed by atoms with Gasteiger partial charge in [-0.15, -0.1) is 0 Å². The number of halogens is 1. The zero-order valence-electron chi connectivity index (χ0n) is 10.9. The molecule has 1 N–H and O–H groups in total. The number of hydrogen-bond donors (Lipinski definition) is 1. The highest BCUT2D eigenvalue weighted by atomic mass is 35.5. The van der Waals surface area contributed by atoms with Crippen molar-refractivity contribution in [2.75, 3.05) is 16.8 Å². The molecule has 1 aromatic heterocycles. The lowest BCUT2D eigenvalue weighted by Crippen LogP contribution is -2.36. The van der Waals surface area contributed by atoms with Crippen molar-refractivity contribution in [2.45, 2.75) is 18.9 Å². The van der Waals surface area contributed by atoms with Crippen molar-refractivity contribution in [3.8, 4) is 0 Å². The van der Waals surface area contributed by atoms with Crippen LogP contribution in [-0.2, 0) is 9.84 Å². The first-order valence-corrected chi connectivity index (χ1v) is 8.48. The maximum atomic E-state index is 11.7. The van der Waals surface area contributed by atoms with Crippen molar-refractivity contribution in [3.63, 3.8) is 0 Å². The molecule has 1 fully saturated rings. The van der Waals surface area contributed by atoms with E-state index in [9.17, 15) is 8.42 Å². The molecule has 1 saturated heterocycles. The molecule has 2 aromatic rings.